The van der Waals surface area contributed by atoms with Crippen molar-refractivity contribution >= 4 is 114 Å². The first-order valence-corrected chi connectivity index (χ1v) is 18.9. The van der Waals surface area contributed by atoms with Gasteiger partial charge in [-0.05, 0) is 32.6 Å². The normalized spacial score (nSPS) is 9.49. The molecule has 0 radical (unpaired) electrons. The Bertz CT molecular complexity index is 836. The predicted molar refractivity (Wildman–Crippen MR) is 207 cm³/mol. The van der Waals surface area contributed by atoms with Crippen molar-refractivity contribution in [1.82, 2.24) is 0 Å². The summed E-state index contributed by atoms with van der Waals surface area (Å²) in [6.07, 6.45) is 15.7. The molecule has 51 heavy (non-hydrogen) atoms. The summed E-state index contributed by atoms with van der Waals surface area (Å²) in [7, 11) is 0. The van der Waals surface area contributed by atoms with Crippen LogP contribution in [0.5, 0.6) is 0 Å². The van der Waals surface area contributed by atoms with Crippen LogP contribution < -0.4 is 0 Å². The average Bonchev–Trinajstić information content (AvgIpc) is 3.03. The molecule has 0 spiro atoms. The van der Waals surface area contributed by atoms with Crippen LogP contribution in [0.15, 0.2) is 12.7 Å². The molecule has 0 amide bonds. The van der Waals surface area contributed by atoms with E-state index in [-0.39, 0.29) is 6.61 Å². The molecule has 0 saturated heterocycles. The Kier molecular flexibility index (Phi) is 66.9. The number of rotatable bonds is 20. The van der Waals surface area contributed by atoms with Gasteiger partial charge in [-0.1, -0.05) is 110 Å². The van der Waals surface area contributed by atoms with Gasteiger partial charge in [-0.3, -0.25) is 0 Å². The number of ether oxygens (including phenoxy) is 6. The first kappa shape index (κ1) is 61.6. The molecule has 0 saturated carbocycles. The minimum Gasteiger partial charge on any atom is -0.454 e. The van der Waals surface area contributed by atoms with E-state index in [1.54, 1.807) is 0 Å². The highest BCUT2D eigenvalue weighted by Gasteiger charge is 1.99. The molecular formula is C32H55Cl7O12. The summed E-state index contributed by atoms with van der Waals surface area (Å²) in [5.74, 6) is 0. The molecule has 1 unspecified atom stereocenters. The monoisotopic (exact) mass is 876 g/mol. The number of alkyl halides is 1. The zero-order valence-corrected chi connectivity index (χ0v) is 35.4. The van der Waals surface area contributed by atoms with E-state index in [9.17, 15) is 28.8 Å². The number of carbonyl (C=O) groups excluding carboxylic acids is 6. The Morgan fingerprint density at radius 2 is 0.784 bits per heavy atom. The van der Waals surface area contributed by atoms with E-state index in [0.29, 0.717) is 26.4 Å². The highest BCUT2D eigenvalue weighted by atomic mass is 35.5. The van der Waals surface area contributed by atoms with Crippen molar-refractivity contribution in [3.8, 4) is 0 Å². The number of hydrogen-bond acceptors (Lipinski definition) is 12. The van der Waals surface area contributed by atoms with Crippen LogP contribution in [0, 0.1) is 0 Å². The molecule has 0 aromatic carbocycles. The molecule has 0 aliphatic rings. The molecule has 0 aromatic heterocycles. The fraction of sp³-hybridized carbons (Fsp3) is 0.750. The van der Waals surface area contributed by atoms with Crippen LogP contribution in [0.3, 0.4) is 0 Å². The lowest BCUT2D eigenvalue weighted by Gasteiger charge is -2.00. The predicted octanol–water partition coefficient (Wildman–Crippen LogP) is 14.1. The fourth-order valence-electron chi connectivity index (χ4n) is 2.45. The molecule has 304 valence electrons. The second-order valence-electron chi connectivity index (χ2n) is 9.26. The zero-order valence-electron chi connectivity index (χ0n) is 30.1. The van der Waals surface area contributed by atoms with E-state index in [4.69, 9.17) is 81.2 Å². The Hall–Kier alpha value is -1.41. The number of carbonyl (C=O) groups is 6. The smallest absolute Gasteiger partial charge is 0.405 e. The largest absolute Gasteiger partial charge is 0.454 e. The summed E-state index contributed by atoms with van der Waals surface area (Å²) < 4.78 is 26.2. The Morgan fingerprint density at radius 1 is 0.471 bits per heavy atom. The van der Waals surface area contributed by atoms with Crippen LogP contribution in [-0.2, 0) is 28.4 Å². The lowest BCUT2D eigenvalue weighted by Crippen LogP contribution is -1.99. The van der Waals surface area contributed by atoms with Gasteiger partial charge in [-0.25, -0.2) is 28.8 Å². The molecule has 0 aliphatic heterocycles. The Labute approximate surface area is 338 Å². The number of hydrogen-bond donors (Lipinski definition) is 0. The SMILES string of the molecule is C=CCOC(=O)Cl.CC(Cl)OC(=O)Cl.CCCCCCCCOC(=O)Cl.CCCCCCOC(=O)Cl.CCCCOC(=O)Cl.CCCOC(=O)Cl. The van der Waals surface area contributed by atoms with Crippen LogP contribution in [-0.4, -0.2) is 71.2 Å². The maximum atomic E-state index is 10.1. The van der Waals surface area contributed by atoms with Gasteiger partial charge >= 0.3 is 32.6 Å². The summed E-state index contributed by atoms with van der Waals surface area (Å²) in [4.78, 5) is 59.2. The van der Waals surface area contributed by atoms with Gasteiger partial charge < -0.3 is 28.4 Å². The van der Waals surface area contributed by atoms with E-state index in [0.717, 1.165) is 44.9 Å². The van der Waals surface area contributed by atoms with Gasteiger partial charge in [-0.15, -0.1) is 0 Å². The highest BCUT2D eigenvalue weighted by Crippen LogP contribution is 2.05. The van der Waals surface area contributed by atoms with Crippen molar-refractivity contribution in [2.75, 3.05) is 33.0 Å². The highest BCUT2D eigenvalue weighted by molar-refractivity contribution is 6.62. The number of halogens is 7. The summed E-state index contributed by atoms with van der Waals surface area (Å²) in [6, 6.07) is 0. The minimum atomic E-state index is -0.873. The molecule has 0 heterocycles. The van der Waals surface area contributed by atoms with Gasteiger partial charge in [-0.2, -0.15) is 0 Å². The van der Waals surface area contributed by atoms with Crippen molar-refractivity contribution in [2.24, 2.45) is 0 Å². The second-order valence-corrected chi connectivity index (χ2v) is 11.7. The van der Waals surface area contributed by atoms with Crippen molar-refractivity contribution in [1.29, 1.82) is 0 Å². The maximum absolute atomic E-state index is 10.1. The van der Waals surface area contributed by atoms with Crippen LogP contribution >= 0.6 is 81.2 Å². The molecule has 0 aromatic rings. The van der Waals surface area contributed by atoms with Gasteiger partial charge in [0.1, 0.15) is 6.61 Å². The Balaban J connectivity index is -0.000000121. The van der Waals surface area contributed by atoms with E-state index in [1.807, 2.05) is 13.8 Å². The summed E-state index contributed by atoms with van der Waals surface area (Å²) in [5.41, 5.74) is -5.12. The average molecular weight is 880 g/mol. The second kappa shape index (κ2) is 55.3. The molecule has 0 aliphatic carbocycles. The van der Waals surface area contributed by atoms with Crippen LogP contribution in [0.2, 0.25) is 0 Å². The quantitative estimate of drug-likeness (QED) is 0.0375. The zero-order chi connectivity index (χ0) is 40.7. The van der Waals surface area contributed by atoms with Gasteiger partial charge in [0.25, 0.3) is 0 Å². The van der Waals surface area contributed by atoms with Crippen LogP contribution in [0.4, 0.5) is 28.8 Å². The molecular weight excluding hydrogens is 825 g/mol. The van der Waals surface area contributed by atoms with Crippen molar-refractivity contribution < 1.29 is 57.2 Å². The standard InChI is InChI=1S/C9H17ClO2.C7H13ClO2.C5H9ClO2.C4H7ClO2.C4H5ClO2.C3H4Cl2O2/c1-2-3-4-5-6-7-8-12-9(10)11;1-2-3-4-5-6-10-7(8)9;1-2-3-4-8-5(6)7;2*1-2-3-7-4(5)6;1-2(4)7-3(5)6/h2-8H2,1H3;2-6H2,1H3;2-4H2,1H3;2-3H2,1H3;2H,1,3H2;2H,1H3. The number of unbranched alkanes of at least 4 members (excludes halogenated alkanes) is 9. The van der Waals surface area contributed by atoms with Crippen LogP contribution in [0.1, 0.15) is 118 Å². The van der Waals surface area contributed by atoms with E-state index < -0.39 is 38.1 Å². The molecule has 1 atom stereocenters. The lowest BCUT2D eigenvalue weighted by atomic mass is 10.1. The summed E-state index contributed by atoms with van der Waals surface area (Å²) >= 11 is 34.2. The third-order valence-electron chi connectivity index (χ3n) is 4.63. The van der Waals surface area contributed by atoms with Crippen molar-refractivity contribution in [2.45, 2.75) is 124 Å². The van der Waals surface area contributed by atoms with E-state index in [1.165, 1.54) is 51.5 Å². The van der Waals surface area contributed by atoms with Crippen LogP contribution in [0.25, 0.3) is 0 Å². The summed E-state index contributed by atoms with van der Waals surface area (Å²) in [6.45, 7) is 15.0. The van der Waals surface area contributed by atoms with Gasteiger partial charge in [0.2, 0.25) is 0 Å². The maximum Gasteiger partial charge on any atom is 0.405 e. The molecule has 0 rings (SSSR count). The molecule has 19 heteroatoms. The van der Waals surface area contributed by atoms with Crippen molar-refractivity contribution in [3.63, 3.8) is 0 Å². The molecule has 12 nitrogen and oxygen atoms in total. The summed E-state index contributed by atoms with van der Waals surface area (Å²) in [5, 5.41) is 0. The molecule has 0 N–H and O–H groups in total. The Morgan fingerprint density at radius 3 is 1.02 bits per heavy atom. The van der Waals surface area contributed by atoms with E-state index in [2.05, 4.69) is 48.8 Å². The first-order chi connectivity index (χ1) is 24.0. The van der Waals surface area contributed by atoms with Gasteiger partial charge in [0.05, 0.1) is 26.4 Å². The van der Waals surface area contributed by atoms with Gasteiger partial charge in [0, 0.05) is 69.6 Å². The minimum absolute atomic E-state index is 0.183. The third-order valence-corrected chi connectivity index (χ3v) is 5.35. The fourth-order valence-corrected chi connectivity index (χ4v) is 3.08. The lowest BCUT2D eigenvalue weighted by molar-refractivity contribution is 0.165. The van der Waals surface area contributed by atoms with Gasteiger partial charge in [0.15, 0.2) is 5.56 Å². The third kappa shape index (κ3) is 106. The first-order valence-electron chi connectivity index (χ1n) is 16.2. The topological polar surface area (TPSA) is 158 Å². The van der Waals surface area contributed by atoms with Crippen molar-refractivity contribution in [3.05, 3.63) is 12.7 Å². The molecule has 0 fully saturated rings. The van der Waals surface area contributed by atoms with E-state index >= 15 is 0 Å². The molecule has 0 bridgehead atoms.